The van der Waals surface area contributed by atoms with E-state index in [1.807, 2.05) is 24.3 Å². The minimum Gasteiger partial charge on any atom is -0.496 e. The third-order valence-corrected chi connectivity index (χ3v) is 6.46. The summed E-state index contributed by atoms with van der Waals surface area (Å²) < 4.78 is 31.8. The first-order valence-corrected chi connectivity index (χ1v) is 9.06. The van der Waals surface area contributed by atoms with E-state index in [-0.39, 0.29) is 17.3 Å². The molecule has 114 valence electrons. The van der Waals surface area contributed by atoms with E-state index in [1.165, 1.54) is 15.6 Å². The number of sulfonamides is 1. The zero-order valence-electron chi connectivity index (χ0n) is 11.7. The van der Waals surface area contributed by atoms with Gasteiger partial charge in [0.2, 0.25) is 10.0 Å². The van der Waals surface area contributed by atoms with E-state index in [0.717, 1.165) is 5.56 Å². The molecule has 0 bridgehead atoms. The van der Waals surface area contributed by atoms with Gasteiger partial charge >= 0.3 is 0 Å². The molecule has 0 spiro atoms. The third-order valence-electron chi connectivity index (χ3n) is 3.10. The Morgan fingerprint density at radius 3 is 2.67 bits per heavy atom. The molecule has 0 atom stereocenters. The van der Waals surface area contributed by atoms with Crippen LogP contribution in [0.4, 0.5) is 0 Å². The summed E-state index contributed by atoms with van der Waals surface area (Å²) in [6.07, 6.45) is 0. The highest BCUT2D eigenvalue weighted by Gasteiger charge is 2.25. The van der Waals surface area contributed by atoms with Crippen molar-refractivity contribution in [2.24, 2.45) is 0 Å². The molecule has 0 aliphatic carbocycles. The maximum Gasteiger partial charge on any atom is 0.244 e. The summed E-state index contributed by atoms with van der Waals surface area (Å²) in [4.78, 5) is 0.934. The highest BCUT2D eigenvalue weighted by atomic mass is 35.5. The van der Waals surface area contributed by atoms with Gasteiger partial charge in [0.1, 0.15) is 5.75 Å². The first-order valence-electron chi connectivity index (χ1n) is 6.21. The number of ether oxygens (including phenoxy) is 1. The van der Waals surface area contributed by atoms with E-state index >= 15 is 0 Å². The summed E-state index contributed by atoms with van der Waals surface area (Å²) in [5.74, 6) is 0.858. The molecule has 0 aliphatic rings. The van der Waals surface area contributed by atoms with Crippen molar-refractivity contribution >= 4 is 33.0 Å². The van der Waals surface area contributed by atoms with Crippen LogP contribution >= 0.6 is 22.9 Å². The lowest BCUT2D eigenvalue weighted by molar-refractivity contribution is 0.398. The minimum absolute atomic E-state index is 0.189. The van der Waals surface area contributed by atoms with Crippen molar-refractivity contribution in [3.63, 3.8) is 0 Å². The van der Waals surface area contributed by atoms with Gasteiger partial charge in [0.05, 0.1) is 17.9 Å². The minimum atomic E-state index is -3.56. The van der Waals surface area contributed by atoms with Crippen LogP contribution < -0.4 is 4.74 Å². The molecule has 0 saturated carbocycles. The molecule has 0 N–H and O–H groups in total. The van der Waals surface area contributed by atoms with Crippen LogP contribution in [0, 0.1) is 0 Å². The van der Waals surface area contributed by atoms with Crippen molar-refractivity contribution in [1.82, 2.24) is 4.31 Å². The summed E-state index contributed by atoms with van der Waals surface area (Å²) in [6, 6.07) is 8.95. The van der Waals surface area contributed by atoms with Gasteiger partial charge in [-0.2, -0.15) is 4.31 Å². The molecule has 1 aromatic carbocycles. The van der Waals surface area contributed by atoms with Crippen molar-refractivity contribution in [2.45, 2.75) is 17.3 Å². The number of hydrogen-bond acceptors (Lipinski definition) is 4. The predicted octanol–water partition coefficient (Wildman–Crippen LogP) is 3.32. The second-order valence-corrected chi connectivity index (χ2v) is 7.70. The molecule has 0 fully saturated rings. The van der Waals surface area contributed by atoms with Crippen LogP contribution in [0.15, 0.2) is 40.6 Å². The Hall–Kier alpha value is -1.08. The molecule has 0 amide bonds. The topological polar surface area (TPSA) is 46.6 Å². The van der Waals surface area contributed by atoms with Crippen molar-refractivity contribution < 1.29 is 13.2 Å². The zero-order valence-corrected chi connectivity index (χ0v) is 14.1. The Balaban J connectivity index is 2.29. The number of methoxy groups -OCH3 is 1. The molecule has 7 heteroatoms. The van der Waals surface area contributed by atoms with Gasteiger partial charge in [-0.3, -0.25) is 0 Å². The van der Waals surface area contributed by atoms with Gasteiger partial charge in [0.25, 0.3) is 0 Å². The first-order chi connectivity index (χ1) is 10.0. The van der Waals surface area contributed by atoms with E-state index in [1.54, 1.807) is 25.6 Å². The zero-order chi connectivity index (χ0) is 15.5. The summed E-state index contributed by atoms with van der Waals surface area (Å²) in [5, 5.41) is 1.74. The molecule has 2 aromatic rings. The maximum atomic E-state index is 12.6. The average Bonchev–Trinajstić information content (AvgIpc) is 2.97. The van der Waals surface area contributed by atoms with Crippen molar-refractivity contribution in [2.75, 3.05) is 14.2 Å². The largest absolute Gasteiger partial charge is 0.496 e. The van der Waals surface area contributed by atoms with Gasteiger partial charge in [0, 0.05) is 24.0 Å². The van der Waals surface area contributed by atoms with E-state index in [2.05, 4.69) is 0 Å². The van der Waals surface area contributed by atoms with Crippen molar-refractivity contribution in [3.05, 3.63) is 46.2 Å². The van der Waals surface area contributed by atoms with Gasteiger partial charge in [-0.15, -0.1) is 22.9 Å². The van der Waals surface area contributed by atoms with Crippen LogP contribution in [0.25, 0.3) is 0 Å². The number of hydrogen-bond donors (Lipinski definition) is 0. The molecular formula is C14H16ClNO3S2. The summed E-state index contributed by atoms with van der Waals surface area (Å²) in [7, 11) is -0.438. The fraction of sp³-hybridized carbons (Fsp3) is 0.286. The molecule has 4 nitrogen and oxygen atoms in total. The van der Waals surface area contributed by atoms with Gasteiger partial charge in [-0.05, 0) is 17.5 Å². The number of nitrogens with zero attached hydrogens (tertiary/aromatic N) is 1. The molecular weight excluding hydrogens is 330 g/mol. The monoisotopic (exact) mass is 345 g/mol. The van der Waals surface area contributed by atoms with Gasteiger partial charge < -0.3 is 4.74 Å². The van der Waals surface area contributed by atoms with Crippen LogP contribution in [-0.4, -0.2) is 26.9 Å². The van der Waals surface area contributed by atoms with E-state index < -0.39 is 10.0 Å². The number of halogens is 1. The second-order valence-electron chi connectivity index (χ2n) is 4.41. The Morgan fingerprint density at radius 1 is 1.29 bits per heavy atom. The van der Waals surface area contributed by atoms with Crippen LogP contribution in [-0.2, 0) is 22.4 Å². The molecule has 1 aromatic heterocycles. The summed E-state index contributed by atoms with van der Waals surface area (Å²) >= 11 is 7.14. The van der Waals surface area contributed by atoms with Crippen molar-refractivity contribution in [3.8, 4) is 5.75 Å². The second kappa shape index (κ2) is 6.79. The molecule has 2 rings (SSSR count). The van der Waals surface area contributed by atoms with Gasteiger partial charge in [-0.1, -0.05) is 18.2 Å². The maximum absolute atomic E-state index is 12.6. The molecule has 0 aliphatic heterocycles. The number of alkyl halides is 1. The van der Waals surface area contributed by atoms with E-state index in [0.29, 0.717) is 10.6 Å². The Morgan fingerprint density at radius 2 is 2.00 bits per heavy atom. The van der Waals surface area contributed by atoms with E-state index in [9.17, 15) is 8.42 Å². The van der Waals surface area contributed by atoms with Crippen LogP contribution in [0.5, 0.6) is 5.75 Å². The van der Waals surface area contributed by atoms with Crippen LogP contribution in [0.2, 0.25) is 0 Å². The third kappa shape index (κ3) is 3.40. The number of benzene rings is 1. The number of thiophene rings is 1. The highest BCUT2D eigenvalue weighted by Crippen LogP contribution is 2.28. The number of rotatable bonds is 6. The van der Waals surface area contributed by atoms with Gasteiger partial charge in [-0.25, -0.2) is 8.42 Å². The average molecular weight is 346 g/mol. The van der Waals surface area contributed by atoms with Gasteiger partial charge in [0.15, 0.2) is 0 Å². The summed E-state index contributed by atoms with van der Waals surface area (Å²) in [6.45, 7) is 0.240. The first kappa shape index (κ1) is 16.3. The Bertz CT molecular complexity index is 713. The lowest BCUT2D eigenvalue weighted by atomic mass is 10.2. The molecule has 1 heterocycles. The Labute approximate surface area is 134 Å². The SMILES string of the molecule is COc1ccccc1CN(C)S(=O)(=O)c1ccsc1CCl. The standard InChI is InChI=1S/C14H16ClNO3S2/c1-16(10-11-5-3-4-6-12(11)19-2)21(17,18)14-7-8-20-13(14)9-15/h3-8H,9-10H2,1-2H3. The smallest absolute Gasteiger partial charge is 0.244 e. The quantitative estimate of drug-likeness (QED) is 0.754. The fourth-order valence-electron chi connectivity index (χ4n) is 1.98. The van der Waals surface area contributed by atoms with E-state index in [4.69, 9.17) is 16.3 Å². The molecule has 21 heavy (non-hydrogen) atoms. The lowest BCUT2D eigenvalue weighted by Gasteiger charge is -2.18. The van der Waals surface area contributed by atoms with Crippen LogP contribution in [0.1, 0.15) is 10.4 Å². The fourth-order valence-corrected chi connectivity index (χ4v) is 4.80. The molecule has 0 radical (unpaired) electrons. The Kier molecular flexibility index (Phi) is 5.27. The normalized spacial score (nSPS) is 11.8. The predicted molar refractivity (Wildman–Crippen MR) is 85.5 cm³/mol. The van der Waals surface area contributed by atoms with Crippen molar-refractivity contribution in [1.29, 1.82) is 0 Å². The lowest BCUT2D eigenvalue weighted by Crippen LogP contribution is -2.27. The molecule has 0 unspecified atom stereocenters. The highest BCUT2D eigenvalue weighted by molar-refractivity contribution is 7.89. The van der Waals surface area contributed by atoms with Crippen LogP contribution in [0.3, 0.4) is 0 Å². The molecule has 0 saturated heterocycles. The summed E-state index contributed by atoms with van der Waals surface area (Å²) in [5.41, 5.74) is 0.814. The number of para-hydroxylation sites is 1.